The van der Waals surface area contributed by atoms with E-state index in [0.29, 0.717) is 12.0 Å². The van der Waals surface area contributed by atoms with Gasteiger partial charge in [0.25, 0.3) is 0 Å². The summed E-state index contributed by atoms with van der Waals surface area (Å²) >= 11 is 0. The molecular formula is C11H18N4O. The summed E-state index contributed by atoms with van der Waals surface area (Å²) in [4.78, 5) is 6.75. The Morgan fingerprint density at radius 3 is 3.00 bits per heavy atom. The molecule has 2 fully saturated rings. The van der Waals surface area contributed by atoms with Crippen molar-refractivity contribution in [3.63, 3.8) is 0 Å². The van der Waals surface area contributed by atoms with E-state index in [1.165, 1.54) is 19.3 Å². The summed E-state index contributed by atoms with van der Waals surface area (Å²) in [5.74, 6) is 2.23. The van der Waals surface area contributed by atoms with Gasteiger partial charge in [-0.2, -0.15) is 4.98 Å². The van der Waals surface area contributed by atoms with Gasteiger partial charge in [-0.15, -0.1) is 0 Å². The zero-order valence-electron chi connectivity index (χ0n) is 9.65. The minimum absolute atomic E-state index is 0.555. The van der Waals surface area contributed by atoms with E-state index in [9.17, 15) is 0 Å². The molecule has 5 nitrogen and oxygen atoms in total. The van der Waals surface area contributed by atoms with Crippen LogP contribution in [0.2, 0.25) is 0 Å². The first kappa shape index (κ1) is 10.2. The Balaban J connectivity index is 1.59. The Morgan fingerprint density at radius 1 is 1.44 bits per heavy atom. The van der Waals surface area contributed by atoms with Crippen LogP contribution in [-0.4, -0.2) is 41.2 Å². The van der Waals surface area contributed by atoms with E-state index in [-0.39, 0.29) is 0 Å². The summed E-state index contributed by atoms with van der Waals surface area (Å²) in [5, 5.41) is 7.41. The summed E-state index contributed by atoms with van der Waals surface area (Å²) in [6.07, 6.45) is 3.64. The van der Waals surface area contributed by atoms with Gasteiger partial charge in [0, 0.05) is 18.5 Å². The minimum atomic E-state index is 0.555. The first-order valence-corrected chi connectivity index (χ1v) is 6.06. The van der Waals surface area contributed by atoms with E-state index in [2.05, 4.69) is 27.4 Å². The normalized spacial score (nSPS) is 25.5. The Morgan fingerprint density at radius 2 is 2.31 bits per heavy atom. The number of hydrogen-bond acceptors (Lipinski definition) is 5. The van der Waals surface area contributed by atoms with E-state index >= 15 is 0 Å². The molecule has 16 heavy (non-hydrogen) atoms. The zero-order chi connectivity index (χ0) is 11.0. The van der Waals surface area contributed by atoms with Crippen LogP contribution in [0.25, 0.3) is 0 Å². The van der Waals surface area contributed by atoms with Crippen molar-refractivity contribution >= 4 is 0 Å². The van der Waals surface area contributed by atoms with Crippen LogP contribution in [0.4, 0.5) is 0 Å². The van der Waals surface area contributed by atoms with Gasteiger partial charge in [0.15, 0.2) is 5.82 Å². The summed E-state index contributed by atoms with van der Waals surface area (Å²) in [6, 6.07) is 0.614. The number of aromatic nitrogens is 2. The highest BCUT2D eigenvalue weighted by atomic mass is 16.5. The monoisotopic (exact) mass is 222 g/mol. The predicted molar refractivity (Wildman–Crippen MR) is 59.0 cm³/mol. The summed E-state index contributed by atoms with van der Waals surface area (Å²) in [6.45, 7) is 2.99. The van der Waals surface area contributed by atoms with Crippen molar-refractivity contribution in [1.29, 1.82) is 0 Å². The molecule has 5 heteroatoms. The number of nitrogens with one attached hydrogen (secondary N) is 1. The molecule has 1 saturated heterocycles. The second kappa shape index (κ2) is 4.14. The van der Waals surface area contributed by atoms with Crippen LogP contribution in [0.1, 0.15) is 36.9 Å². The molecule has 0 bridgehead atoms. The smallest absolute Gasteiger partial charge is 0.229 e. The van der Waals surface area contributed by atoms with E-state index in [1.54, 1.807) is 0 Å². The van der Waals surface area contributed by atoms with Gasteiger partial charge in [-0.1, -0.05) is 5.16 Å². The Labute approximate surface area is 95.2 Å². The van der Waals surface area contributed by atoms with Gasteiger partial charge in [-0.05, 0) is 32.9 Å². The zero-order valence-corrected chi connectivity index (χ0v) is 9.65. The van der Waals surface area contributed by atoms with Crippen molar-refractivity contribution in [2.45, 2.75) is 37.8 Å². The fourth-order valence-corrected chi connectivity index (χ4v) is 2.20. The molecule has 0 amide bonds. The summed E-state index contributed by atoms with van der Waals surface area (Å²) in [5.41, 5.74) is 0. The molecular weight excluding hydrogens is 204 g/mol. The molecule has 1 aliphatic heterocycles. The van der Waals surface area contributed by atoms with Crippen LogP contribution >= 0.6 is 0 Å². The second-order valence-corrected chi connectivity index (χ2v) is 4.88. The highest BCUT2D eigenvalue weighted by molar-refractivity contribution is 5.01. The lowest BCUT2D eigenvalue weighted by atomic mass is 10.2. The first-order valence-electron chi connectivity index (χ1n) is 6.06. The Bertz CT molecular complexity index is 355. The lowest BCUT2D eigenvalue weighted by Gasteiger charge is -2.21. The topological polar surface area (TPSA) is 54.2 Å². The molecule has 0 radical (unpaired) electrons. The van der Waals surface area contributed by atoms with Gasteiger partial charge in [-0.3, -0.25) is 4.90 Å². The predicted octanol–water partition coefficient (Wildman–Crippen LogP) is 0.741. The van der Waals surface area contributed by atoms with Crippen LogP contribution < -0.4 is 5.32 Å². The average Bonchev–Trinajstić information content (AvgIpc) is 2.82. The number of rotatable bonds is 4. The van der Waals surface area contributed by atoms with E-state index in [4.69, 9.17) is 4.52 Å². The van der Waals surface area contributed by atoms with Gasteiger partial charge in [0.2, 0.25) is 5.89 Å². The molecule has 1 saturated carbocycles. The van der Waals surface area contributed by atoms with Crippen molar-refractivity contribution in [2.75, 3.05) is 20.1 Å². The van der Waals surface area contributed by atoms with Crippen molar-refractivity contribution in [3.05, 3.63) is 11.7 Å². The molecule has 0 aromatic carbocycles. The molecule has 1 atom stereocenters. The lowest BCUT2D eigenvalue weighted by molar-refractivity contribution is 0.239. The van der Waals surface area contributed by atoms with E-state index in [0.717, 1.165) is 31.3 Å². The molecule has 2 heterocycles. The Kier molecular flexibility index (Phi) is 2.65. The third kappa shape index (κ3) is 2.10. The largest absolute Gasteiger partial charge is 0.339 e. The van der Waals surface area contributed by atoms with Crippen LogP contribution in [0, 0.1) is 0 Å². The van der Waals surface area contributed by atoms with Crippen LogP contribution in [0.5, 0.6) is 0 Å². The number of likely N-dealkylation sites (N-methyl/N-ethyl adjacent to an activating group) is 1. The lowest BCUT2D eigenvalue weighted by Crippen LogP contribution is -2.33. The Hall–Kier alpha value is -0.940. The summed E-state index contributed by atoms with van der Waals surface area (Å²) in [7, 11) is 2.13. The van der Waals surface area contributed by atoms with E-state index < -0.39 is 0 Å². The molecule has 1 unspecified atom stereocenters. The molecule has 1 N–H and O–H groups in total. The van der Waals surface area contributed by atoms with Crippen LogP contribution in [-0.2, 0) is 6.54 Å². The van der Waals surface area contributed by atoms with Gasteiger partial charge in [-0.25, -0.2) is 0 Å². The maximum absolute atomic E-state index is 5.25. The number of nitrogens with zero attached hydrogens (tertiary/aromatic N) is 3. The molecule has 1 aromatic rings. The fourth-order valence-electron chi connectivity index (χ4n) is 2.20. The fraction of sp³-hybridized carbons (Fsp3) is 0.818. The average molecular weight is 222 g/mol. The summed E-state index contributed by atoms with van der Waals surface area (Å²) < 4.78 is 5.25. The van der Waals surface area contributed by atoms with Gasteiger partial charge >= 0.3 is 0 Å². The van der Waals surface area contributed by atoms with Gasteiger partial charge in [0.05, 0.1) is 6.54 Å². The molecule has 0 spiro atoms. The van der Waals surface area contributed by atoms with Gasteiger partial charge in [0.1, 0.15) is 0 Å². The first-order chi connectivity index (χ1) is 7.83. The van der Waals surface area contributed by atoms with Crippen LogP contribution in [0.3, 0.4) is 0 Å². The van der Waals surface area contributed by atoms with Crippen molar-refractivity contribution < 1.29 is 4.52 Å². The molecule has 88 valence electrons. The quantitative estimate of drug-likeness (QED) is 0.814. The highest BCUT2D eigenvalue weighted by Crippen LogP contribution is 2.38. The third-order valence-corrected chi connectivity index (χ3v) is 3.46. The molecule has 1 aliphatic carbocycles. The van der Waals surface area contributed by atoms with Crippen molar-refractivity contribution in [1.82, 2.24) is 20.4 Å². The third-order valence-electron chi connectivity index (χ3n) is 3.46. The van der Waals surface area contributed by atoms with Crippen molar-refractivity contribution in [2.24, 2.45) is 0 Å². The van der Waals surface area contributed by atoms with Crippen molar-refractivity contribution in [3.8, 4) is 0 Å². The highest BCUT2D eigenvalue weighted by Gasteiger charge is 2.30. The molecule has 2 aliphatic rings. The maximum atomic E-state index is 5.25. The minimum Gasteiger partial charge on any atom is -0.339 e. The molecule has 1 aromatic heterocycles. The SMILES string of the molecule is CN(Cc1noc(C2CC2)n1)C1CCNC1. The standard InChI is InChI=1S/C11H18N4O/c1-15(9-4-5-12-6-9)7-10-13-11(16-14-10)8-2-3-8/h8-9,12H,2-7H2,1H3. The number of hydrogen-bond donors (Lipinski definition) is 1. The van der Waals surface area contributed by atoms with E-state index in [1.807, 2.05) is 0 Å². The maximum Gasteiger partial charge on any atom is 0.229 e. The molecule has 3 rings (SSSR count). The van der Waals surface area contributed by atoms with Gasteiger partial charge < -0.3 is 9.84 Å². The second-order valence-electron chi connectivity index (χ2n) is 4.88. The van der Waals surface area contributed by atoms with Crippen LogP contribution in [0.15, 0.2) is 4.52 Å².